The average Bonchev–Trinajstić information content (AvgIpc) is 2.33. The zero-order chi connectivity index (χ0) is 10.9. The van der Waals surface area contributed by atoms with E-state index in [4.69, 9.17) is 18.0 Å². The van der Waals surface area contributed by atoms with Crippen molar-refractivity contribution < 1.29 is 0 Å². The van der Waals surface area contributed by atoms with E-state index in [0.717, 1.165) is 18.4 Å². The van der Waals surface area contributed by atoms with E-state index in [1.54, 1.807) is 0 Å². The molecule has 2 N–H and O–H groups in total. The molecule has 14 heavy (non-hydrogen) atoms. The van der Waals surface area contributed by atoms with E-state index in [1.807, 2.05) is 0 Å². The molecule has 0 spiro atoms. The highest BCUT2D eigenvalue weighted by Crippen LogP contribution is 2.29. The van der Waals surface area contributed by atoms with E-state index < -0.39 is 0 Å². The second-order valence-corrected chi connectivity index (χ2v) is 5.31. The van der Waals surface area contributed by atoms with Gasteiger partial charge >= 0.3 is 0 Å². The number of rotatable bonds is 3. The zero-order valence-electron chi connectivity index (χ0n) is 9.66. The fourth-order valence-electron chi connectivity index (χ4n) is 2.19. The molecule has 1 fully saturated rings. The number of nitrogens with zero attached hydrogens (tertiary/aromatic N) is 1. The summed E-state index contributed by atoms with van der Waals surface area (Å²) in [5.74, 6) is 1.92. The van der Waals surface area contributed by atoms with Crippen molar-refractivity contribution in [1.82, 2.24) is 4.90 Å². The highest BCUT2D eigenvalue weighted by atomic mass is 32.1. The second-order valence-electron chi connectivity index (χ2n) is 4.83. The summed E-state index contributed by atoms with van der Waals surface area (Å²) in [6.07, 6.45) is 0. The maximum Gasteiger partial charge on any atom is 0.0768 e. The molecular weight excluding hydrogens is 192 g/mol. The molecule has 0 amide bonds. The van der Waals surface area contributed by atoms with Gasteiger partial charge in [0.1, 0.15) is 0 Å². The van der Waals surface area contributed by atoms with Gasteiger partial charge in [-0.3, -0.25) is 4.90 Å². The molecule has 2 nitrogen and oxygen atoms in total. The van der Waals surface area contributed by atoms with Gasteiger partial charge in [0, 0.05) is 25.0 Å². The summed E-state index contributed by atoms with van der Waals surface area (Å²) in [6.45, 7) is 11.3. The van der Waals surface area contributed by atoms with Crippen LogP contribution in [0.2, 0.25) is 0 Å². The van der Waals surface area contributed by atoms with E-state index in [2.05, 4.69) is 32.6 Å². The molecule has 4 atom stereocenters. The van der Waals surface area contributed by atoms with Gasteiger partial charge in [-0.05, 0) is 18.8 Å². The minimum Gasteiger partial charge on any atom is -0.393 e. The molecule has 0 aromatic carbocycles. The third-order valence-electron chi connectivity index (χ3n) is 3.75. The lowest BCUT2D eigenvalue weighted by atomic mass is 9.95. The zero-order valence-corrected chi connectivity index (χ0v) is 10.5. The Morgan fingerprint density at radius 3 is 2.43 bits per heavy atom. The van der Waals surface area contributed by atoms with Gasteiger partial charge in [-0.15, -0.1) is 0 Å². The van der Waals surface area contributed by atoms with Crippen LogP contribution in [0.4, 0.5) is 0 Å². The highest BCUT2D eigenvalue weighted by molar-refractivity contribution is 7.80. The van der Waals surface area contributed by atoms with Crippen LogP contribution in [0.1, 0.15) is 27.7 Å². The predicted octanol–water partition coefficient (Wildman–Crippen LogP) is 1.88. The summed E-state index contributed by atoms with van der Waals surface area (Å²) in [7, 11) is 0. The van der Waals surface area contributed by atoms with Gasteiger partial charge in [0.2, 0.25) is 0 Å². The van der Waals surface area contributed by atoms with Crippen LogP contribution in [-0.4, -0.2) is 29.0 Å². The number of hydrogen-bond donors (Lipinski definition) is 1. The van der Waals surface area contributed by atoms with Crippen LogP contribution in [0.5, 0.6) is 0 Å². The molecular formula is C11H22N2S. The normalized spacial score (nSPS) is 35.9. The molecule has 1 aliphatic heterocycles. The van der Waals surface area contributed by atoms with Gasteiger partial charge in [-0.1, -0.05) is 33.0 Å². The van der Waals surface area contributed by atoms with Crippen LogP contribution in [0.15, 0.2) is 0 Å². The summed E-state index contributed by atoms with van der Waals surface area (Å²) in [5, 5.41) is 0. The molecule has 1 aliphatic rings. The van der Waals surface area contributed by atoms with Crippen LogP contribution in [0.25, 0.3) is 0 Å². The Kier molecular flexibility index (Phi) is 3.90. The maximum absolute atomic E-state index is 5.63. The molecule has 1 heterocycles. The number of hydrogen-bond acceptors (Lipinski definition) is 2. The second kappa shape index (κ2) is 4.58. The topological polar surface area (TPSA) is 29.3 Å². The Labute approximate surface area is 92.8 Å². The van der Waals surface area contributed by atoms with Crippen molar-refractivity contribution >= 4 is 17.2 Å². The average molecular weight is 214 g/mol. The molecule has 1 rings (SSSR count). The molecule has 4 unspecified atom stereocenters. The summed E-state index contributed by atoms with van der Waals surface area (Å²) < 4.78 is 0. The van der Waals surface area contributed by atoms with Crippen LogP contribution in [0.3, 0.4) is 0 Å². The van der Waals surface area contributed by atoms with Crippen molar-refractivity contribution in [3.8, 4) is 0 Å². The minimum atomic E-state index is 0.338. The first kappa shape index (κ1) is 11.9. The van der Waals surface area contributed by atoms with Crippen LogP contribution < -0.4 is 5.73 Å². The molecule has 0 aromatic heterocycles. The Morgan fingerprint density at radius 2 is 2.07 bits per heavy atom. The SMILES string of the molecule is CC(CN1CC(C)C(C)C1C)C(N)=S. The summed E-state index contributed by atoms with van der Waals surface area (Å²) in [4.78, 5) is 3.16. The van der Waals surface area contributed by atoms with Crippen LogP contribution in [0, 0.1) is 17.8 Å². The first-order valence-electron chi connectivity index (χ1n) is 5.46. The van der Waals surface area contributed by atoms with Crippen molar-refractivity contribution in [2.75, 3.05) is 13.1 Å². The predicted molar refractivity (Wildman–Crippen MR) is 65.3 cm³/mol. The third kappa shape index (κ3) is 2.45. The minimum absolute atomic E-state index is 0.338. The van der Waals surface area contributed by atoms with Crippen LogP contribution >= 0.6 is 12.2 Å². The summed E-state index contributed by atoms with van der Waals surface area (Å²) >= 11 is 5.00. The fraction of sp³-hybridized carbons (Fsp3) is 0.909. The largest absolute Gasteiger partial charge is 0.393 e. The Morgan fingerprint density at radius 1 is 1.50 bits per heavy atom. The smallest absolute Gasteiger partial charge is 0.0768 e. The maximum atomic E-state index is 5.63. The summed E-state index contributed by atoms with van der Waals surface area (Å²) in [5.41, 5.74) is 5.63. The molecule has 3 heteroatoms. The van der Waals surface area contributed by atoms with Crippen molar-refractivity contribution in [1.29, 1.82) is 0 Å². The molecule has 0 aromatic rings. The standard InChI is InChI=1S/C11H22N2S/c1-7-5-13(10(4)9(7)3)6-8(2)11(12)14/h7-10H,5-6H2,1-4H3,(H2,12,14). The lowest BCUT2D eigenvalue weighted by Gasteiger charge is -2.25. The highest BCUT2D eigenvalue weighted by Gasteiger charge is 2.33. The van der Waals surface area contributed by atoms with Gasteiger partial charge in [0.05, 0.1) is 4.99 Å². The molecule has 0 saturated carbocycles. The number of nitrogens with two attached hydrogens (primary N) is 1. The van der Waals surface area contributed by atoms with Gasteiger partial charge in [0.15, 0.2) is 0 Å². The monoisotopic (exact) mass is 214 g/mol. The Balaban J connectivity index is 2.51. The van der Waals surface area contributed by atoms with E-state index in [9.17, 15) is 0 Å². The van der Waals surface area contributed by atoms with E-state index in [0.29, 0.717) is 16.9 Å². The molecule has 0 aliphatic carbocycles. The van der Waals surface area contributed by atoms with Crippen LogP contribution in [-0.2, 0) is 0 Å². The van der Waals surface area contributed by atoms with Gasteiger partial charge in [0.25, 0.3) is 0 Å². The van der Waals surface area contributed by atoms with Crippen molar-refractivity contribution in [3.05, 3.63) is 0 Å². The van der Waals surface area contributed by atoms with Gasteiger partial charge in [-0.25, -0.2) is 0 Å². The Bertz CT molecular complexity index is 217. The van der Waals surface area contributed by atoms with Gasteiger partial charge in [-0.2, -0.15) is 0 Å². The number of likely N-dealkylation sites (tertiary alicyclic amines) is 1. The molecule has 0 bridgehead atoms. The molecule has 0 radical (unpaired) electrons. The molecule has 82 valence electrons. The fourth-order valence-corrected chi connectivity index (χ4v) is 2.27. The van der Waals surface area contributed by atoms with E-state index in [-0.39, 0.29) is 0 Å². The first-order valence-corrected chi connectivity index (χ1v) is 5.87. The Hall–Kier alpha value is -0.150. The lowest BCUT2D eigenvalue weighted by molar-refractivity contribution is 0.234. The van der Waals surface area contributed by atoms with Crippen molar-refractivity contribution in [3.63, 3.8) is 0 Å². The first-order chi connectivity index (χ1) is 6.43. The third-order valence-corrected chi connectivity index (χ3v) is 4.15. The quantitative estimate of drug-likeness (QED) is 0.727. The number of thiocarbonyl (C=S) groups is 1. The van der Waals surface area contributed by atoms with Crippen molar-refractivity contribution in [2.24, 2.45) is 23.5 Å². The van der Waals surface area contributed by atoms with Gasteiger partial charge < -0.3 is 5.73 Å². The molecule has 1 saturated heterocycles. The van der Waals surface area contributed by atoms with Crippen molar-refractivity contribution in [2.45, 2.75) is 33.7 Å². The van der Waals surface area contributed by atoms with E-state index >= 15 is 0 Å². The summed E-state index contributed by atoms with van der Waals surface area (Å²) in [6, 6.07) is 0.668. The lowest BCUT2D eigenvalue weighted by Crippen LogP contribution is -2.37. The van der Waals surface area contributed by atoms with E-state index in [1.165, 1.54) is 6.54 Å².